The van der Waals surface area contributed by atoms with Crippen molar-refractivity contribution < 1.29 is 9.18 Å². The van der Waals surface area contributed by atoms with E-state index in [1.165, 1.54) is 6.07 Å². The summed E-state index contributed by atoms with van der Waals surface area (Å²) in [4.78, 5) is 11.2. The Labute approximate surface area is 120 Å². The summed E-state index contributed by atoms with van der Waals surface area (Å²) in [5.41, 5.74) is 0.990. The van der Waals surface area contributed by atoms with Crippen molar-refractivity contribution in [3.8, 4) is 11.1 Å². The summed E-state index contributed by atoms with van der Waals surface area (Å²) >= 11 is 11.4. The van der Waals surface area contributed by atoms with Gasteiger partial charge in [-0.05, 0) is 12.1 Å². The van der Waals surface area contributed by atoms with Crippen LogP contribution in [0.5, 0.6) is 0 Å². The van der Waals surface area contributed by atoms with Crippen LogP contribution >= 0.6 is 23.2 Å². The summed E-state index contributed by atoms with van der Waals surface area (Å²) < 4.78 is 14.3. The molecule has 1 N–H and O–H groups in total. The molecule has 0 saturated heterocycles. The number of alkyl halides is 1. The second kappa shape index (κ2) is 6.04. The van der Waals surface area contributed by atoms with Crippen LogP contribution in [-0.2, 0) is 4.79 Å². The van der Waals surface area contributed by atoms with Crippen LogP contribution in [0.15, 0.2) is 42.5 Å². The SMILES string of the molecule is O=C(CCl)Nc1cccc(-c2ccccc2Cl)c1F. The van der Waals surface area contributed by atoms with Crippen molar-refractivity contribution in [1.82, 2.24) is 0 Å². The molecule has 0 heterocycles. The Morgan fingerprint density at radius 3 is 2.47 bits per heavy atom. The number of carbonyl (C=O) groups is 1. The van der Waals surface area contributed by atoms with Crippen molar-refractivity contribution in [2.75, 3.05) is 11.2 Å². The number of benzene rings is 2. The number of hydrogen-bond acceptors (Lipinski definition) is 1. The first-order valence-corrected chi connectivity index (χ1v) is 6.44. The van der Waals surface area contributed by atoms with Crippen LogP contribution in [0.2, 0.25) is 5.02 Å². The highest BCUT2D eigenvalue weighted by atomic mass is 35.5. The van der Waals surface area contributed by atoms with E-state index < -0.39 is 11.7 Å². The average Bonchev–Trinajstić information content (AvgIpc) is 2.42. The molecule has 0 aromatic heterocycles. The maximum atomic E-state index is 14.3. The van der Waals surface area contributed by atoms with E-state index in [9.17, 15) is 9.18 Å². The Morgan fingerprint density at radius 2 is 1.79 bits per heavy atom. The van der Waals surface area contributed by atoms with Crippen LogP contribution in [0.1, 0.15) is 0 Å². The zero-order valence-corrected chi connectivity index (χ0v) is 11.3. The molecule has 0 fully saturated rings. The molecular weight excluding hydrogens is 288 g/mol. The fourth-order valence-electron chi connectivity index (χ4n) is 1.70. The number of anilines is 1. The van der Waals surface area contributed by atoms with Gasteiger partial charge < -0.3 is 5.32 Å². The van der Waals surface area contributed by atoms with Crippen molar-refractivity contribution >= 4 is 34.8 Å². The minimum atomic E-state index is -0.533. The lowest BCUT2D eigenvalue weighted by Gasteiger charge is -2.10. The van der Waals surface area contributed by atoms with E-state index in [1.807, 2.05) is 0 Å². The lowest BCUT2D eigenvalue weighted by molar-refractivity contribution is -0.113. The van der Waals surface area contributed by atoms with Crippen molar-refractivity contribution in [2.45, 2.75) is 0 Å². The molecule has 0 aliphatic carbocycles. The highest BCUT2D eigenvalue weighted by Gasteiger charge is 2.13. The highest BCUT2D eigenvalue weighted by molar-refractivity contribution is 6.33. The summed E-state index contributed by atoms with van der Waals surface area (Å²) in [7, 11) is 0. The molecule has 0 saturated carbocycles. The summed E-state index contributed by atoms with van der Waals surface area (Å²) in [5, 5.41) is 2.85. The molecule has 0 spiro atoms. The molecule has 0 aliphatic heterocycles. The van der Waals surface area contributed by atoms with Crippen LogP contribution in [0.25, 0.3) is 11.1 Å². The number of nitrogens with one attached hydrogen (secondary N) is 1. The quantitative estimate of drug-likeness (QED) is 0.840. The van der Waals surface area contributed by atoms with Gasteiger partial charge in [0, 0.05) is 16.1 Å². The first kappa shape index (κ1) is 13.8. The number of halogens is 3. The zero-order chi connectivity index (χ0) is 13.8. The molecule has 98 valence electrons. The standard InChI is InChI=1S/C14H10Cl2FNO/c15-8-13(19)18-12-7-3-5-10(14(12)17)9-4-1-2-6-11(9)16/h1-7H,8H2,(H,18,19). The van der Waals surface area contributed by atoms with E-state index >= 15 is 0 Å². The van der Waals surface area contributed by atoms with Gasteiger partial charge in [-0.15, -0.1) is 11.6 Å². The van der Waals surface area contributed by atoms with Crippen molar-refractivity contribution in [2.24, 2.45) is 0 Å². The van der Waals surface area contributed by atoms with Crippen LogP contribution in [0.4, 0.5) is 10.1 Å². The summed E-state index contributed by atoms with van der Waals surface area (Å²) in [5.74, 6) is -1.22. The lowest BCUT2D eigenvalue weighted by Crippen LogP contribution is -2.13. The number of carbonyl (C=O) groups excluding carboxylic acids is 1. The van der Waals surface area contributed by atoms with Crippen LogP contribution in [-0.4, -0.2) is 11.8 Å². The van der Waals surface area contributed by atoms with E-state index in [2.05, 4.69) is 5.32 Å². The molecule has 0 bridgehead atoms. The molecule has 2 aromatic carbocycles. The van der Waals surface area contributed by atoms with Gasteiger partial charge in [0.1, 0.15) is 5.88 Å². The number of rotatable bonds is 3. The molecule has 0 radical (unpaired) electrons. The summed E-state index contributed by atoms with van der Waals surface area (Å²) in [6.07, 6.45) is 0. The van der Waals surface area contributed by atoms with Gasteiger partial charge in [0.25, 0.3) is 0 Å². The van der Waals surface area contributed by atoms with E-state index in [1.54, 1.807) is 36.4 Å². The van der Waals surface area contributed by atoms with E-state index in [0.29, 0.717) is 16.1 Å². The Bertz CT molecular complexity index is 616. The van der Waals surface area contributed by atoms with Gasteiger partial charge in [0.2, 0.25) is 5.91 Å². The first-order valence-electron chi connectivity index (χ1n) is 5.52. The molecular formula is C14H10Cl2FNO. The number of hydrogen-bond donors (Lipinski definition) is 1. The molecule has 19 heavy (non-hydrogen) atoms. The molecule has 0 atom stereocenters. The van der Waals surface area contributed by atoms with Gasteiger partial charge in [-0.3, -0.25) is 4.79 Å². The third kappa shape index (κ3) is 3.06. The molecule has 2 rings (SSSR count). The average molecular weight is 298 g/mol. The fraction of sp³-hybridized carbons (Fsp3) is 0.0714. The Hall–Kier alpha value is -1.58. The van der Waals surface area contributed by atoms with Crippen LogP contribution in [0, 0.1) is 5.82 Å². The Kier molecular flexibility index (Phi) is 4.40. The smallest absolute Gasteiger partial charge is 0.239 e. The molecule has 2 nitrogen and oxygen atoms in total. The van der Waals surface area contributed by atoms with Crippen LogP contribution in [0.3, 0.4) is 0 Å². The van der Waals surface area contributed by atoms with E-state index in [0.717, 1.165) is 0 Å². The molecule has 1 amide bonds. The maximum absolute atomic E-state index is 14.3. The fourth-order valence-corrected chi connectivity index (χ4v) is 2.00. The zero-order valence-electron chi connectivity index (χ0n) is 9.79. The maximum Gasteiger partial charge on any atom is 0.239 e. The van der Waals surface area contributed by atoms with E-state index in [-0.39, 0.29) is 11.6 Å². The predicted molar refractivity (Wildman–Crippen MR) is 76.2 cm³/mol. The summed E-state index contributed by atoms with van der Waals surface area (Å²) in [6.45, 7) is 0. The Morgan fingerprint density at radius 1 is 1.11 bits per heavy atom. The van der Waals surface area contributed by atoms with Crippen molar-refractivity contribution in [3.63, 3.8) is 0 Å². The molecule has 5 heteroatoms. The van der Waals surface area contributed by atoms with Gasteiger partial charge in [0.15, 0.2) is 5.82 Å². The van der Waals surface area contributed by atoms with Crippen molar-refractivity contribution in [1.29, 1.82) is 0 Å². The minimum Gasteiger partial charge on any atom is -0.323 e. The molecule has 2 aromatic rings. The predicted octanol–water partition coefficient (Wildman–Crippen LogP) is 4.32. The molecule has 0 unspecified atom stereocenters. The minimum absolute atomic E-state index is 0.0862. The highest BCUT2D eigenvalue weighted by Crippen LogP contribution is 2.32. The van der Waals surface area contributed by atoms with Gasteiger partial charge in [-0.1, -0.05) is 41.9 Å². The van der Waals surface area contributed by atoms with Gasteiger partial charge in [0.05, 0.1) is 5.69 Å². The number of amides is 1. The third-order valence-electron chi connectivity index (χ3n) is 2.56. The second-order valence-electron chi connectivity index (χ2n) is 3.83. The van der Waals surface area contributed by atoms with Gasteiger partial charge in [-0.2, -0.15) is 0 Å². The summed E-state index contributed by atoms with van der Waals surface area (Å²) in [6, 6.07) is 11.7. The Balaban J connectivity index is 2.46. The van der Waals surface area contributed by atoms with E-state index in [4.69, 9.17) is 23.2 Å². The normalized spacial score (nSPS) is 10.3. The second-order valence-corrected chi connectivity index (χ2v) is 4.50. The van der Waals surface area contributed by atoms with Crippen LogP contribution < -0.4 is 5.32 Å². The topological polar surface area (TPSA) is 29.1 Å². The third-order valence-corrected chi connectivity index (χ3v) is 3.13. The molecule has 0 aliphatic rings. The lowest BCUT2D eigenvalue weighted by atomic mass is 10.0. The monoisotopic (exact) mass is 297 g/mol. The van der Waals surface area contributed by atoms with Gasteiger partial charge in [-0.25, -0.2) is 4.39 Å². The van der Waals surface area contributed by atoms with Gasteiger partial charge >= 0.3 is 0 Å². The van der Waals surface area contributed by atoms with Crippen molar-refractivity contribution in [3.05, 3.63) is 53.3 Å². The largest absolute Gasteiger partial charge is 0.323 e. The first-order chi connectivity index (χ1) is 9.13.